The molecule has 0 bridgehead atoms. The first kappa shape index (κ1) is 23.1. The van der Waals surface area contributed by atoms with Gasteiger partial charge in [-0.1, -0.05) is 35.9 Å². The molecule has 33 heavy (non-hydrogen) atoms. The molecule has 1 amide bonds. The molecule has 1 fully saturated rings. The van der Waals surface area contributed by atoms with Crippen molar-refractivity contribution in [3.63, 3.8) is 0 Å². The second-order valence-electron chi connectivity index (χ2n) is 8.14. The van der Waals surface area contributed by atoms with Crippen LogP contribution in [0.2, 0.25) is 5.02 Å². The van der Waals surface area contributed by atoms with Crippen molar-refractivity contribution in [1.82, 2.24) is 4.90 Å². The fourth-order valence-electron chi connectivity index (χ4n) is 4.10. The molecule has 8 heteroatoms. The lowest BCUT2D eigenvalue weighted by molar-refractivity contribution is 0.0712. The lowest BCUT2D eigenvalue weighted by Gasteiger charge is -2.32. The summed E-state index contributed by atoms with van der Waals surface area (Å²) in [4.78, 5) is 14.9. The molecule has 0 spiro atoms. The zero-order valence-electron chi connectivity index (χ0n) is 18.2. The monoisotopic (exact) mass is 484 g/mol. The summed E-state index contributed by atoms with van der Waals surface area (Å²) in [5.41, 5.74) is 1.94. The van der Waals surface area contributed by atoms with Crippen molar-refractivity contribution >= 4 is 33.2 Å². The molecule has 0 saturated carbocycles. The van der Waals surface area contributed by atoms with Crippen LogP contribution in [-0.2, 0) is 10.0 Å². The van der Waals surface area contributed by atoms with E-state index in [4.69, 9.17) is 11.6 Å². The molecule has 0 aromatic heterocycles. The molecule has 0 radical (unpaired) electrons. The lowest BCUT2D eigenvalue weighted by atomic mass is 9.89. The Labute approximate surface area is 199 Å². The van der Waals surface area contributed by atoms with Gasteiger partial charge in [-0.2, -0.15) is 0 Å². The van der Waals surface area contributed by atoms with Gasteiger partial charge in [-0.05, 0) is 72.9 Å². The van der Waals surface area contributed by atoms with Crippen LogP contribution in [0.5, 0.6) is 5.75 Å². The highest BCUT2D eigenvalue weighted by Crippen LogP contribution is 2.30. The van der Waals surface area contributed by atoms with Crippen LogP contribution >= 0.6 is 11.6 Å². The van der Waals surface area contributed by atoms with Gasteiger partial charge in [-0.3, -0.25) is 9.10 Å². The fourth-order valence-corrected chi connectivity index (χ4v) is 5.52. The summed E-state index contributed by atoms with van der Waals surface area (Å²) in [6.07, 6.45) is 1.62. The van der Waals surface area contributed by atoms with Crippen LogP contribution < -0.4 is 4.31 Å². The van der Waals surface area contributed by atoms with Crippen LogP contribution in [0, 0.1) is 0 Å². The number of carbonyl (C=O) groups excluding carboxylic acids is 1. The van der Waals surface area contributed by atoms with Gasteiger partial charge in [-0.15, -0.1) is 0 Å². The average Bonchev–Trinajstić information content (AvgIpc) is 2.84. The maximum Gasteiger partial charge on any atom is 0.264 e. The summed E-state index contributed by atoms with van der Waals surface area (Å²) in [6, 6.07) is 20.0. The number of benzene rings is 3. The molecule has 3 aromatic rings. The van der Waals surface area contributed by atoms with Crippen molar-refractivity contribution in [2.45, 2.75) is 23.7 Å². The SMILES string of the molecule is CN(c1cccc(Cl)c1)S(=O)(=O)c1cccc(C(=O)N2CCC(c3ccc(O)cc3)CC2)c1. The van der Waals surface area contributed by atoms with E-state index in [1.54, 1.807) is 53.4 Å². The number of rotatable bonds is 5. The summed E-state index contributed by atoms with van der Waals surface area (Å²) in [5.74, 6) is 0.386. The van der Waals surface area contributed by atoms with Gasteiger partial charge in [0.05, 0.1) is 10.6 Å². The van der Waals surface area contributed by atoms with E-state index in [-0.39, 0.29) is 16.6 Å². The molecule has 0 atom stereocenters. The fraction of sp³-hybridized carbons (Fsp3) is 0.240. The number of phenolic OH excluding ortho intramolecular Hbond substituents is 1. The van der Waals surface area contributed by atoms with Crippen molar-refractivity contribution < 1.29 is 18.3 Å². The zero-order valence-corrected chi connectivity index (χ0v) is 19.8. The van der Waals surface area contributed by atoms with E-state index in [2.05, 4.69) is 0 Å². The zero-order chi connectivity index (χ0) is 23.6. The van der Waals surface area contributed by atoms with Crippen LogP contribution in [-0.4, -0.2) is 44.5 Å². The number of sulfonamides is 1. The summed E-state index contributed by atoms with van der Waals surface area (Å²) in [5, 5.41) is 9.92. The quantitative estimate of drug-likeness (QED) is 0.559. The van der Waals surface area contributed by atoms with Gasteiger partial charge in [0.2, 0.25) is 0 Å². The summed E-state index contributed by atoms with van der Waals surface area (Å²) >= 11 is 6.01. The standard InChI is InChI=1S/C25H25ClN2O4S/c1-27(22-6-3-5-21(26)17-22)33(31,32)24-7-2-4-20(16-24)25(30)28-14-12-19(13-15-28)18-8-10-23(29)11-9-18/h2-11,16-17,19,29H,12-15H2,1H3. The Morgan fingerprint density at radius 3 is 2.33 bits per heavy atom. The summed E-state index contributed by atoms with van der Waals surface area (Å²) < 4.78 is 27.5. The summed E-state index contributed by atoms with van der Waals surface area (Å²) in [6.45, 7) is 1.17. The van der Waals surface area contributed by atoms with Crippen molar-refractivity contribution in [3.05, 3.63) is 88.9 Å². The van der Waals surface area contributed by atoms with Gasteiger partial charge >= 0.3 is 0 Å². The molecule has 4 rings (SSSR count). The number of phenols is 1. The third-order valence-corrected chi connectivity index (χ3v) is 8.07. The number of carbonyl (C=O) groups is 1. The number of hydrogen-bond acceptors (Lipinski definition) is 4. The second kappa shape index (κ2) is 9.45. The van der Waals surface area contributed by atoms with Crippen LogP contribution in [0.1, 0.15) is 34.7 Å². The predicted molar refractivity (Wildman–Crippen MR) is 129 cm³/mol. The van der Waals surface area contributed by atoms with Crippen molar-refractivity contribution in [2.24, 2.45) is 0 Å². The van der Waals surface area contributed by atoms with Crippen LogP contribution in [0.4, 0.5) is 5.69 Å². The highest BCUT2D eigenvalue weighted by molar-refractivity contribution is 7.92. The van der Waals surface area contributed by atoms with E-state index >= 15 is 0 Å². The Morgan fingerprint density at radius 2 is 1.67 bits per heavy atom. The molecule has 1 N–H and O–H groups in total. The van der Waals surface area contributed by atoms with Gasteiger partial charge in [-0.25, -0.2) is 8.42 Å². The summed E-state index contributed by atoms with van der Waals surface area (Å²) in [7, 11) is -2.40. The van der Waals surface area contributed by atoms with Gasteiger partial charge in [0.25, 0.3) is 15.9 Å². The molecule has 1 aliphatic heterocycles. The van der Waals surface area contributed by atoms with Crippen LogP contribution in [0.15, 0.2) is 77.7 Å². The molecule has 3 aromatic carbocycles. The van der Waals surface area contributed by atoms with Crippen molar-refractivity contribution in [1.29, 1.82) is 0 Å². The topological polar surface area (TPSA) is 77.9 Å². The first-order valence-electron chi connectivity index (χ1n) is 10.7. The van der Waals surface area contributed by atoms with E-state index in [0.717, 1.165) is 22.7 Å². The maximum absolute atomic E-state index is 13.2. The second-order valence-corrected chi connectivity index (χ2v) is 10.5. The van der Waals surface area contributed by atoms with E-state index in [1.165, 1.54) is 19.2 Å². The number of hydrogen-bond donors (Lipinski definition) is 1. The Morgan fingerprint density at radius 1 is 1.00 bits per heavy atom. The number of halogens is 1. The number of piperidine rings is 1. The average molecular weight is 485 g/mol. The predicted octanol–water partition coefficient (Wildman–Crippen LogP) is 4.89. The van der Waals surface area contributed by atoms with Gasteiger partial charge < -0.3 is 10.0 Å². The number of likely N-dealkylation sites (tertiary alicyclic amines) is 1. The highest BCUT2D eigenvalue weighted by atomic mass is 35.5. The normalized spacial score (nSPS) is 14.8. The molecular formula is C25H25ClN2O4S. The Kier molecular flexibility index (Phi) is 6.63. The Hall–Kier alpha value is -3.03. The molecule has 172 valence electrons. The van der Waals surface area contributed by atoms with E-state index in [1.807, 2.05) is 12.1 Å². The molecule has 0 unspecified atom stereocenters. The lowest BCUT2D eigenvalue weighted by Crippen LogP contribution is -2.38. The minimum Gasteiger partial charge on any atom is -0.508 e. The minimum absolute atomic E-state index is 0.0507. The Balaban J connectivity index is 1.48. The minimum atomic E-state index is -3.86. The third kappa shape index (κ3) is 4.99. The first-order valence-corrected chi connectivity index (χ1v) is 12.5. The molecular weight excluding hydrogens is 460 g/mol. The smallest absolute Gasteiger partial charge is 0.264 e. The number of aromatic hydroxyl groups is 1. The molecule has 1 aliphatic rings. The first-order chi connectivity index (χ1) is 15.8. The highest BCUT2D eigenvalue weighted by Gasteiger charge is 2.27. The number of nitrogens with zero attached hydrogens (tertiary/aromatic N) is 2. The van der Waals surface area contributed by atoms with Gasteiger partial charge in [0.1, 0.15) is 5.75 Å². The van der Waals surface area contributed by atoms with E-state index < -0.39 is 10.0 Å². The molecule has 0 aliphatic carbocycles. The van der Waals surface area contributed by atoms with Crippen molar-refractivity contribution in [3.8, 4) is 5.75 Å². The molecule has 1 heterocycles. The molecule has 1 saturated heterocycles. The molecule has 6 nitrogen and oxygen atoms in total. The van der Waals surface area contributed by atoms with Gasteiger partial charge in [0, 0.05) is 30.7 Å². The van der Waals surface area contributed by atoms with E-state index in [9.17, 15) is 18.3 Å². The number of amides is 1. The van der Waals surface area contributed by atoms with Gasteiger partial charge in [0.15, 0.2) is 0 Å². The Bertz CT molecular complexity index is 1250. The maximum atomic E-state index is 13.2. The van der Waals surface area contributed by atoms with E-state index in [0.29, 0.717) is 35.3 Å². The largest absolute Gasteiger partial charge is 0.508 e. The van der Waals surface area contributed by atoms with Crippen LogP contribution in [0.25, 0.3) is 0 Å². The van der Waals surface area contributed by atoms with Crippen LogP contribution in [0.3, 0.4) is 0 Å². The van der Waals surface area contributed by atoms with Crippen molar-refractivity contribution in [2.75, 3.05) is 24.4 Å². The third-order valence-electron chi connectivity index (χ3n) is 6.06. The number of anilines is 1.